The average Bonchev–Trinajstić information content (AvgIpc) is 2.80. The zero-order chi connectivity index (χ0) is 15.9. The van der Waals surface area contributed by atoms with Gasteiger partial charge in [0, 0.05) is 5.56 Å². The number of benzene rings is 2. The van der Waals surface area contributed by atoms with Crippen molar-refractivity contribution in [3.63, 3.8) is 0 Å². The lowest BCUT2D eigenvalue weighted by Gasteiger charge is -2.10. The zero-order valence-electron chi connectivity index (χ0n) is 12.8. The van der Waals surface area contributed by atoms with Crippen LogP contribution in [-0.2, 0) is 0 Å². The van der Waals surface area contributed by atoms with Gasteiger partial charge in [-0.05, 0) is 50.1 Å². The number of hydrogen-bond acceptors (Lipinski definition) is 3. The third-order valence-corrected chi connectivity index (χ3v) is 3.67. The Morgan fingerprint density at radius 2 is 1.73 bits per heavy atom. The molecule has 0 unspecified atom stereocenters. The van der Waals surface area contributed by atoms with E-state index in [0.717, 1.165) is 16.7 Å². The van der Waals surface area contributed by atoms with Gasteiger partial charge in [-0.1, -0.05) is 29.0 Å². The Balaban J connectivity index is 2.16. The fraction of sp³-hybridized carbons (Fsp3) is 0.176. The average molecular weight is 296 g/mol. The van der Waals surface area contributed by atoms with Gasteiger partial charge >= 0.3 is 0 Å². The van der Waals surface area contributed by atoms with E-state index in [1.807, 2.05) is 13.8 Å². The second-order valence-corrected chi connectivity index (χ2v) is 5.49. The number of nitrogens with zero attached hydrogens (tertiary/aromatic N) is 3. The fourth-order valence-electron chi connectivity index (χ4n) is 2.82. The van der Waals surface area contributed by atoms with E-state index in [-0.39, 0.29) is 5.82 Å². The summed E-state index contributed by atoms with van der Waals surface area (Å²) in [5, 5.41) is 8.29. The van der Waals surface area contributed by atoms with E-state index in [9.17, 15) is 4.39 Å². The molecule has 0 aliphatic carbocycles. The Hall–Kier alpha value is -2.69. The van der Waals surface area contributed by atoms with Crippen LogP contribution >= 0.6 is 0 Å². The van der Waals surface area contributed by atoms with Crippen molar-refractivity contribution in [2.24, 2.45) is 0 Å². The Bertz CT molecular complexity index is 829. The molecular formula is C17H17FN4. The van der Waals surface area contributed by atoms with Crippen molar-refractivity contribution in [2.75, 3.05) is 5.73 Å². The molecule has 112 valence electrons. The predicted octanol–water partition coefficient (Wildman–Crippen LogP) is 3.58. The summed E-state index contributed by atoms with van der Waals surface area (Å²) in [6.45, 7) is 6.10. The number of rotatable bonds is 2. The number of halogens is 1. The summed E-state index contributed by atoms with van der Waals surface area (Å²) in [5.74, 6) is 0.0669. The lowest BCUT2D eigenvalue weighted by atomic mass is 9.97. The maximum Gasteiger partial charge on any atom is 0.155 e. The van der Waals surface area contributed by atoms with E-state index in [1.165, 1.54) is 22.4 Å². The Morgan fingerprint density at radius 1 is 1.05 bits per heavy atom. The monoisotopic (exact) mass is 296 g/mol. The van der Waals surface area contributed by atoms with Gasteiger partial charge in [-0.25, -0.2) is 4.39 Å². The summed E-state index contributed by atoms with van der Waals surface area (Å²) in [6, 6.07) is 10.3. The van der Waals surface area contributed by atoms with Gasteiger partial charge in [0.25, 0.3) is 0 Å². The van der Waals surface area contributed by atoms with Gasteiger partial charge in [0.05, 0.1) is 5.69 Å². The molecule has 4 nitrogen and oxygen atoms in total. The van der Waals surface area contributed by atoms with Crippen molar-refractivity contribution in [3.8, 4) is 16.9 Å². The highest BCUT2D eigenvalue weighted by atomic mass is 19.1. The largest absolute Gasteiger partial charge is 0.382 e. The summed E-state index contributed by atoms with van der Waals surface area (Å²) in [7, 11) is 0. The number of nitrogens with two attached hydrogens (primary N) is 1. The summed E-state index contributed by atoms with van der Waals surface area (Å²) in [5.41, 5.74) is 11.7. The lowest BCUT2D eigenvalue weighted by molar-refractivity contribution is 0.625. The van der Waals surface area contributed by atoms with Crippen LogP contribution in [0.1, 0.15) is 16.7 Å². The molecule has 0 fully saturated rings. The molecule has 3 rings (SSSR count). The van der Waals surface area contributed by atoms with Crippen molar-refractivity contribution in [1.29, 1.82) is 0 Å². The molecule has 22 heavy (non-hydrogen) atoms. The summed E-state index contributed by atoms with van der Waals surface area (Å²) >= 11 is 0. The van der Waals surface area contributed by atoms with Crippen molar-refractivity contribution >= 4 is 5.82 Å². The minimum atomic E-state index is -0.336. The maximum absolute atomic E-state index is 13.4. The molecule has 0 aliphatic rings. The second kappa shape index (κ2) is 5.26. The number of nitrogen functional groups attached to an aromatic ring is 1. The topological polar surface area (TPSA) is 56.7 Å². The van der Waals surface area contributed by atoms with E-state index in [0.29, 0.717) is 17.2 Å². The molecule has 0 aliphatic heterocycles. The molecular weight excluding hydrogens is 279 g/mol. The van der Waals surface area contributed by atoms with Gasteiger partial charge in [0.1, 0.15) is 11.5 Å². The lowest BCUT2D eigenvalue weighted by Crippen LogP contribution is -2.03. The minimum Gasteiger partial charge on any atom is -0.382 e. The van der Waals surface area contributed by atoms with Crippen LogP contribution < -0.4 is 5.73 Å². The molecule has 0 bridgehead atoms. The smallest absolute Gasteiger partial charge is 0.155 e. The van der Waals surface area contributed by atoms with E-state index < -0.39 is 0 Å². The highest BCUT2D eigenvalue weighted by Gasteiger charge is 2.17. The molecule has 0 radical (unpaired) electrons. The Morgan fingerprint density at radius 3 is 2.36 bits per heavy atom. The Kier molecular flexibility index (Phi) is 3.41. The SMILES string of the molecule is Cc1cc(C)c(-c2nnn(-c3cccc(F)c3)c2N)c(C)c1. The van der Waals surface area contributed by atoms with Gasteiger partial charge in [-0.15, -0.1) is 5.10 Å². The van der Waals surface area contributed by atoms with Crippen molar-refractivity contribution in [3.05, 3.63) is 58.9 Å². The minimum absolute atomic E-state index is 0.336. The number of aryl methyl sites for hydroxylation is 3. The quantitative estimate of drug-likeness (QED) is 0.786. The molecule has 3 aromatic rings. The molecule has 0 saturated carbocycles. The zero-order valence-corrected chi connectivity index (χ0v) is 12.8. The van der Waals surface area contributed by atoms with Crippen LogP contribution in [0.3, 0.4) is 0 Å². The summed E-state index contributed by atoms with van der Waals surface area (Å²) < 4.78 is 14.8. The standard InChI is InChI=1S/C17H17FN4/c1-10-7-11(2)15(12(3)8-10)16-17(19)22(21-20-16)14-6-4-5-13(18)9-14/h4-9H,19H2,1-3H3. The van der Waals surface area contributed by atoms with Gasteiger partial charge in [0.2, 0.25) is 0 Å². The second-order valence-electron chi connectivity index (χ2n) is 5.49. The molecule has 0 saturated heterocycles. The van der Waals surface area contributed by atoms with Gasteiger partial charge in [-0.2, -0.15) is 4.68 Å². The molecule has 0 atom stereocenters. The molecule has 1 aromatic heterocycles. The molecule has 0 spiro atoms. The van der Waals surface area contributed by atoms with Crippen LogP contribution in [-0.4, -0.2) is 15.0 Å². The highest BCUT2D eigenvalue weighted by molar-refractivity contribution is 5.76. The molecule has 0 amide bonds. The first-order chi connectivity index (χ1) is 10.5. The number of aromatic nitrogens is 3. The third-order valence-electron chi connectivity index (χ3n) is 3.67. The Labute approximate surface area is 128 Å². The number of anilines is 1. The van der Waals surface area contributed by atoms with Gasteiger partial charge in [-0.3, -0.25) is 0 Å². The first-order valence-electron chi connectivity index (χ1n) is 7.02. The molecule has 1 heterocycles. The van der Waals surface area contributed by atoms with Gasteiger partial charge in [0.15, 0.2) is 5.82 Å². The van der Waals surface area contributed by atoms with Crippen LogP contribution in [0.4, 0.5) is 10.2 Å². The summed E-state index contributed by atoms with van der Waals surface area (Å²) in [4.78, 5) is 0. The highest BCUT2D eigenvalue weighted by Crippen LogP contribution is 2.31. The van der Waals surface area contributed by atoms with Crippen LogP contribution in [0.2, 0.25) is 0 Å². The van der Waals surface area contributed by atoms with Crippen LogP contribution in [0.5, 0.6) is 0 Å². The fourth-order valence-corrected chi connectivity index (χ4v) is 2.82. The van der Waals surface area contributed by atoms with Crippen molar-refractivity contribution in [1.82, 2.24) is 15.0 Å². The van der Waals surface area contributed by atoms with E-state index in [4.69, 9.17) is 5.73 Å². The van der Waals surface area contributed by atoms with Crippen molar-refractivity contribution in [2.45, 2.75) is 20.8 Å². The first kappa shape index (κ1) is 14.3. The van der Waals surface area contributed by atoms with Gasteiger partial charge < -0.3 is 5.73 Å². The molecule has 2 N–H and O–H groups in total. The number of hydrogen-bond donors (Lipinski definition) is 1. The van der Waals surface area contributed by atoms with E-state index >= 15 is 0 Å². The predicted molar refractivity (Wildman–Crippen MR) is 85.4 cm³/mol. The van der Waals surface area contributed by atoms with Crippen molar-refractivity contribution < 1.29 is 4.39 Å². The maximum atomic E-state index is 13.4. The van der Waals surface area contributed by atoms with E-state index in [1.54, 1.807) is 12.1 Å². The molecule has 5 heteroatoms. The summed E-state index contributed by atoms with van der Waals surface area (Å²) in [6.07, 6.45) is 0. The van der Waals surface area contributed by atoms with Crippen LogP contribution in [0.15, 0.2) is 36.4 Å². The molecule has 2 aromatic carbocycles. The van der Waals surface area contributed by atoms with E-state index in [2.05, 4.69) is 29.4 Å². The first-order valence-corrected chi connectivity index (χ1v) is 7.02. The third kappa shape index (κ3) is 2.35. The van der Waals surface area contributed by atoms with Crippen LogP contribution in [0, 0.1) is 26.6 Å². The normalized spacial score (nSPS) is 10.9. The van der Waals surface area contributed by atoms with Crippen LogP contribution in [0.25, 0.3) is 16.9 Å².